The van der Waals surface area contributed by atoms with E-state index in [0.717, 1.165) is 25.4 Å². The summed E-state index contributed by atoms with van der Waals surface area (Å²) in [7, 11) is 0. The topological polar surface area (TPSA) is 54.4 Å². The molecule has 18 heavy (non-hydrogen) atoms. The predicted molar refractivity (Wildman–Crippen MR) is 68.9 cm³/mol. The number of rotatable bonds is 2. The van der Waals surface area contributed by atoms with Crippen LogP contribution in [-0.2, 0) is 9.59 Å². The summed E-state index contributed by atoms with van der Waals surface area (Å²) < 4.78 is 0. The number of hydrogen-bond donors (Lipinski definition) is 1. The zero-order valence-electron chi connectivity index (χ0n) is 11.3. The Bertz CT molecular complexity index is 397. The van der Waals surface area contributed by atoms with E-state index in [1.807, 2.05) is 6.08 Å². The van der Waals surface area contributed by atoms with Crippen LogP contribution in [0.3, 0.4) is 0 Å². The number of fused-ring (bicyclic) bond motifs is 1. The van der Waals surface area contributed by atoms with E-state index in [2.05, 4.69) is 20.8 Å². The van der Waals surface area contributed by atoms with Gasteiger partial charge >= 0.3 is 0 Å². The van der Waals surface area contributed by atoms with Crippen molar-refractivity contribution in [1.29, 1.82) is 0 Å². The minimum atomic E-state index is -0.325. The van der Waals surface area contributed by atoms with Crippen LogP contribution in [0.5, 0.6) is 0 Å². The molecular weight excluding hydrogens is 228 g/mol. The van der Waals surface area contributed by atoms with Gasteiger partial charge in [-0.3, -0.25) is 4.79 Å². The van der Waals surface area contributed by atoms with Crippen LogP contribution >= 0.6 is 0 Å². The molecule has 100 valence electrons. The second-order valence-corrected chi connectivity index (χ2v) is 6.61. The molecule has 0 aliphatic heterocycles. The smallest absolute Gasteiger partial charge is 0.146 e. The number of carbonyl (C=O) groups is 2. The summed E-state index contributed by atoms with van der Waals surface area (Å²) in [5.41, 5.74) is 0.213. The molecule has 0 bridgehead atoms. The molecule has 3 heteroatoms. The molecule has 1 saturated carbocycles. The molecule has 0 amide bonds. The molecule has 0 radical (unpaired) electrons. The van der Waals surface area contributed by atoms with E-state index in [1.54, 1.807) is 0 Å². The molecular formula is C15H22O3. The van der Waals surface area contributed by atoms with Gasteiger partial charge in [-0.05, 0) is 41.6 Å². The van der Waals surface area contributed by atoms with Crippen molar-refractivity contribution in [1.82, 2.24) is 0 Å². The first-order valence-corrected chi connectivity index (χ1v) is 6.66. The van der Waals surface area contributed by atoms with E-state index >= 15 is 0 Å². The number of aliphatic hydroxyl groups is 1. The lowest BCUT2D eigenvalue weighted by Gasteiger charge is -2.56. The maximum atomic E-state index is 11.4. The molecule has 0 spiro atoms. The Balaban J connectivity index is 2.47. The maximum absolute atomic E-state index is 11.4. The van der Waals surface area contributed by atoms with Crippen LogP contribution in [0.1, 0.15) is 40.0 Å². The van der Waals surface area contributed by atoms with Gasteiger partial charge in [-0.2, -0.15) is 0 Å². The van der Waals surface area contributed by atoms with Gasteiger partial charge in [0.1, 0.15) is 12.6 Å². The second-order valence-electron chi connectivity index (χ2n) is 6.61. The average Bonchev–Trinajstić information content (AvgIpc) is 2.33. The number of aliphatic hydroxyl groups excluding tert-OH is 1. The number of hydrogen-bond acceptors (Lipinski definition) is 3. The standard InChI is InChI=1S/C15H22O3/c1-14(2)12-5-4-10(8-16)11(9-17)15(12,3)7-6-13(14)18/h4,8-9,11-13,18H,5-7H2,1-3H3/t11-,12?,13-,15+/m0/s1. The molecule has 2 aliphatic carbocycles. The average molecular weight is 250 g/mol. The molecule has 0 aromatic rings. The molecule has 0 heterocycles. The van der Waals surface area contributed by atoms with Gasteiger partial charge in [0, 0.05) is 5.92 Å². The highest BCUT2D eigenvalue weighted by Gasteiger charge is 2.55. The van der Waals surface area contributed by atoms with Crippen LogP contribution in [0.4, 0.5) is 0 Å². The third kappa shape index (κ3) is 1.68. The van der Waals surface area contributed by atoms with Gasteiger partial charge in [0.25, 0.3) is 0 Å². The van der Waals surface area contributed by atoms with Crippen molar-refractivity contribution in [2.24, 2.45) is 22.7 Å². The largest absolute Gasteiger partial charge is 0.393 e. The van der Waals surface area contributed by atoms with Crippen LogP contribution in [0.25, 0.3) is 0 Å². The summed E-state index contributed by atoms with van der Waals surface area (Å²) in [5, 5.41) is 10.2. The molecule has 1 unspecified atom stereocenters. The molecule has 3 nitrogen and oxygen atoms in total. The fourth-order valence-corrected chi connectivity index (χ4v) is 4.14. The summed E-state index contributed by atoms with van der Waals surface area (Å²) >= 11 is 0. The zero-order chi connectivity index (χ0) is 13.6. The molecule has 0 aromatic heterocycles. The van der Waals surface area contributed by atoms with Crippen molar-refractivity contribution < 1.29 is 14.7 Å². The summed E-state index contributed by atoms with van der Waals surface area (Å²) in [4.78, 5) is 22.5. The van der Waals surface area contributed by atoms with Crippen molar-refractivity contribution in [3.8, 4) is 0 Å². The van der Waals surface area contributed by atoms with Crippen molar-refractivity contribution >= 4 is 12.6 Å². The number of allylic oxidation sites excluding steroid dienone is 2. The van der Waals surface area contributed by atoms with E-state index in [9.17, 15) is 14.7 Å². The molecule has 4 atom stereocenters. The second kappa shape index (κ2) is 4.30. The Morgan fingerprint density at radius 2 is 2.00 bits per heavy atom. The molecule has 1 fully saturated rings. The fourth-order valence-electron chi connectivity index (χ4n) is 4.14. The van der Waals surface area contributed by atoms with Gasteiger partial charge in [-0.25, -0.2) is 0 Å². The first-order chi connectivity index (χ1) is 8.37. The van der Waals surface area contributed by atoms with Gasteiger partial charge in [-0.15, -0.1) is 0 Å². The first kappa shape index (κ1) is 13.5. The van der Waals surface area contributed by atoms with E-state index in [0.29, 0.717) is 12.0 Å². The third-order valence-corrected chi connectivity index (χ3v) is 5.44. The van der Waals surface area contributed by atoms with Crippen LogP contribution in [0.2, 0.25) is 0 Å². The van der Waals surface area contributed by atoms with Crippen LogP contribution < -0.4 is 0 Å². The highest BCUT2D eigenvalue weighted by molar-refractivity contribution is 5.82. The summed E-state index contributed by atoms with van der Waals surface area (Å²) in [6.07, 6.45) is 5.58. The van der Waals surface area contributed by atoms with Gasteiger partial charge in [0.05, 0.1) is 6.10 Å². The molecule has 0 aromatic carbocycles. The van der Waals surface area contributed by atoms with Crippen LogP contribution in [0, 0.1) is 22.7 Å². The number of aldehydes is 2. The van der Waals surface area contributed by atoms with Gasteiger partial charge in [-0.1, -0.05) is 26.8 Å². The Hall–Kier alpha value is -0.960. The van der Waals surface area contributed by atoms with Crippen molar-refractivity contribution in [2.75, 3.05) is 0 Å². The minimum Gasteiger partial charge on any atom is -0.393 e. The van der Waals surface area contributed by atoms with Crippen LogP contribution in [-0.4, -0.2) is 23.8 Å². The van der Waals surface area contributed by atoms with Crippen molar-refractivity contribution in [3.05, 3.63) is 11.6 Å². The summed E-state index contributed by atoms with van der Waals surface area (Å²) in [5.74, 6) is -0.0758. The normalized spacial score (nSPS) is 42.7. The Kier molecular flexibility index (Phi) is 3.22. The first-order valence-electron chi connectivity index (χ1n) is 6.66. The fraction of sp³-hybridized carbons (Fsp3) is 0.733. The lowest BCUT2D eigenvalue weighted by molar-refractivity contribution is -0.134. The maximum Gasteiger partial charge on any atom is 0.146 e. The highest BCUT2D eigenvalue weighted by atomic mass is 16.3. The Labute approximate surface area is 108 Å². The summed E-state index contributed by atoms with van der Waals surface area (Å²) in [6, 6.07) is 0. The van der Waals surface area contributed by atoms with E-state index < -0.39 is 0 Å². The molecule has 1 N–H and O–H groups in total. The van der Waals surface area contributed by atoms with E-state index in [4.69, 9.17) is 0 Å². The molecule has 0 saturated heterocycles. The van der Waals surface area contributed by atoms with Crippen molar-refractivity contribution in [3.63, 3.8) is 0 Å². The van der Waals surface area contributed by atoms with E-state index in [-0.39, 0.29) is 28.8 Å². The quantitative estimate of drug-likeness (QED) is 0.764. The minimum absolute atomic E-state index is 0.199. The van der Waals surface area contributed by atoms with E-state index in [1.165, 1.54) is 0 Å². The lowest BCUT2D eigenvalue weighted by Crippen LogP contribution is -2.54. The van der Waals surface area contributed by atoms with Crippen LogP contribution in [0.15, 0.2) is 11.6 Å². The monoisotopic (exact) mass is 250 g/mol. The van der Waals surface area contributed by atoms with Crippen molar-refractivity contribution in [2.45, 2.75) is 46.1 Å². The third-order valence-electron chi connectivity index (χ3n) is 5.44. The lowest BCUT2D eigenvalue weighted by atomic mass is 9.48. The highest BCUT2D eigenvalue weighted by Crippen LogP contribution is 2.58. The Morgan fingerprint density at radius 1 is 1.33 bits per heavy atom. The zero-order valence-corrected chi connectivity index (χ0v) is 11.3. The molecule has 2 aliphatic rings. The van der Waals surface area contributed by atoms with Gasteiger partial charge < -0.3 is 9.90 Å². The summed E-state index contributed by atoms with van der Waals surface area (Å²) in [6.45, 7) is 6.24. The number of carbonyl (C=O) groups excluding carboxylic acids is 2. The van der Waals surface area contributed by atoms with Gasteiger partial charge in [0.2, 0.25) is 0 Å². The van der Waals surface area contributed by atoms with Gasteiger partial charge in [0.15, 0.2) is 0 Å². The molecule has 2 rings (SSSR count). The predicted octanol–water partition coefficient (Wildman–Crippen LogP) is 2.13. The SMILES string of the molecule is CC1(C)C2CC=C(C=O)[C@H](C=O)[C@@]2(C)CC[C@@H]1O. The Morgan fingerprint density at radius 3 is 2.56 bits per heavy atom.